The van der Waals surface area contributed by atoms with Crippen molar-refractivity contribution in [3.63, 3.8) is 0 Å². The van der Waals surface area contributed by atoms with Crippen LogP contribution < -0.4 is 5.32 Å². The van der Waals surface area contributed by atoms with Gasteiger partial charge in [0.05, 0.1) is 5.69 Å². The second-order valence-electron chi connectivity index (χ2n) is 4.34. The van der Waals surface area contributed by atoms with E-state index in [1.54, 1.807) is 0 Å². The molecule has 0 saturated carbocycles. The number of benzene rings is 1. The molecule has 0 heterocycles. The molecule has 0 aliphatic carbocycles. The first-order chi connectivity index (χ1) is 10.6. The van der Waals surface area contributed by atoms with Gasteiger partial charge >= 0.3 is 13.6 Å². The Labute approximate surface area is 148 Å². The van der Waals surface area contributed by atoms with Crippen molar-refractivity contribution >= 4 is 54.1 Å². The quantitative estimate of drug-likeness (QED) is 0.577. The Kier molecular flexibility index (Phi) is 7.13. The predicted molar refractivity (Wildman–Crippen MR) is 88.9 cm³/mol. The van der Waals surface area contributed by atoms with Gasteiger partial charge in [-0.3, -0.25) is 4.57 Å². The molecule has 0 radical (unpaired) electrons. The topological polar surface area (TPSA) is 67.9 Å². The number of hydrogen-bond donors (Lipinski definition) is 1. The van der Waals surface area contributed by atoms with Gasteiger partial charge < -0.3 is 19.3 Å². The van der Waals surface area contributed by atoms with Crippen molar-refractivity contribution in [1.82, 2.24) is 4.90 Å². The summed E-state index contributed by atoms with van der Waals surface area (Å²) in [7, 11) is -0.561. The second-order valence-corrected chi connectivity index (χ2v) is 9.01. The molecule has 2 amide bonds. The minimum absolute atomic E-state index is 0.0860. The van der Waals surface area contributed by atoms with Crippen molar-refractivity contribution < 1.29 is 22.8 Å². The number of carbonyl (C=O) groups excluding carboxylic acids is 1. The van der Waals surface area contributed by atoms with Crippen molar-refractivity contribution in [3.8, 4) is 0 Å². The van der Waals surface area contributed by atoms with E-state index in [4.69, 9.17) is 43.9 Å². The Bertz CT molecular complexity index is 606. The molecule has 11 heteroatoms. The van der Waals surface area contributed by atoms with Crippen LogP contribution in [0.15, 0.2) is 24.3 Å². The third-order valence-corrected chi connectivity index (χ3v) is 6.33. The molecule has 1 rings (SSSR count). The number of nitrogens with zero attached hydrogens (tertiary/aromatic N) is 1. The van der Waals surface area contributed by atoms with Gasteiger partial charge in [0.25, 0.3) is 0 Å². The third kappa shape index (κ3) is 4.95. The number of anilines is 1. The molecule has 1 unspecified atom stereocenters. The lowest BCUT2D eigenvalue weighted by atomic mass is 10.3. The fourth-order valence-corrected chi connectivity index (χ4v) is 4.71. The number of alkyl halides is 3. The molecule has 1 aromatic rings. The zero-order valence-electron chi connectivity index (χ0n) is 12.4. The lowest BCUT2D eigenvalue weighted by Crippen LogP contribution is -2.47. The lowest BCUT2D eigenvalue weighted by molar-refractivity contribution is 0.197. The molecule has 1 aromatic carbocycles. The standard InChI is InChI=1S/C12H15Cl3FN2O4P/c1-18(10(12(13,14)15)23(20,21-2)22-3)11(19)17-9-7-5-4-6-8(9)16/h4-7,10H,1-3H3,(H,17,19). The summed E-state index contributed by atoms with van der Waals surface area (Å²) in [5.74, 6) is -2.21. The Balaban J connectivity index is 3.11. The maximum absolute atomic E-state index is 13.6. The van der Waals surface area contributed by atoms with E-state index in [2.05, 4.69) is 5.32 Å². The summed E-state index contributed by atoms with van der Waals surface area (Å²) in [5, 5.41) is 2.29. The molecule has 130 valence electrons. The summed E-state index contributed by atoms with van der Waals surface area (Å²) in [4.78, 5) is 13.1. The van der Waals surface area contributed by atoms with Crippen LogP contribution in [0.1, 0.15) is 0 Å². The van der Waals surface area contributed by atoms with Crippen LogP contribution in [0.25, 0.3) is 0 Å². The molecule has 6 nitrogen and oxygen atoms in total. The van der Waals surface area contributed by atoms with Crippen LogP contribution in [-0.4, -0.2) is 41.8 Å². The van der Waals surface area contributed by atoms with Crippen LogP contribution in [0, 0.1) is 5.82 Å². The Hall–Kier alpha value is -0.560. The molecule has 0 fully saturated rings. The monoisotopic (exact) mass is 406 g/mol. The Morgan fingerprint density at radius 1 is 1.30 bits per heavy atom. The van der Waals surface area contributed by atoms with Crippen LogP contribution in [0.3, 0.4) is 0 Å². The first-order valence-corrected chi connectivity index (χ1v) is 8.87. The lowest BCUT2D eigenvalue weighted by Gasteiger charge is -2.36. The van der Waals surface area contributed by atoms with E-state index in [0.717, 1.165) is 25.2 Å². The average Bonchev–Trinajstić information content (AvgIpc) is 2.47. The average molecular weight is 408 g/mol. The number of halogens is 4. The van der Waals surface area contributed by atoms with Crippen molar-refractivity contribution in [2.24, 2.45) is 0 Å². The van der Waals surface area contributed by atoms with E-state index in [1.807, 2.05) is 0 Å². The van der Waals surface area contributed by atoms with Crippen molar-refractivity contribution in [1.29, 1.82) is 0 Å². The highest BCUT2D eigenvalue weighted by Crippen LogP contribution is 2.60. The molecule has 0 aliphatic heterocycles. The van der Waals surface area contributed by atoms with Gasteiger partial charge in [-0.05, 0) is 12.1 Å². The first kappa shape index (κ1) is 20.5. The second kappa shape index (κ2) is 8.01. The highest BCUT2D eigenvalue weighted by Gasteiger charge is 2.52. The zero-order chi connectivity index (χ0) is 17.8. The normalized spacial score (nSPS) is 13.5. The minimum atomic E-state index is -3.96. The van der Waals surface area contributed by atoms with E-state index < -0.39 is 29.0 Å². The molecule has 0 saturated heterocycles. The predicted octanol–water partition coefficient (Wildman–Crippen LogP) is 4.47. The molecule has 1 N–H and O–H groups in total. The molecular formula is C12H15Cl3FN2O4P. The van der Waals surface area contributed by atoms with Crippen LogP contribution >= 0.6 is 42.4 Å². The third-order valence-electron chi connectivity index (χ3n) is 2.90. The van der Waals surface area contributed by atoms with Gasteiger partial charge in [-0.1, -0.05) is 46.9 Å². The van der Waals surface area contributed by atoms with Gasteiger partial charge in [-0.2, -0.15) is 0 Å². The number of carbonyl (C=O) groups is 1. The summed E-state index contributed by atoms with van der Waals surface area (Å²) in [6.07, 6.45) is 0. The van der Waals surface area contributed by atoms with Gasteiger partial charge in [0, 0.05) is 21.3 Å². The number of nitrogens with one attached hydrogen (secondary N) is 1. The summed E-state index contributed by atoms with van der Waals surface area (Å²) in [6.45, 7) is 0. The molecule has 0 aromatic heterocycles. The summed E-state index contributed by atoms with van der Waals surface area (Å²) in [5.41, 5.74) is -0.0860. The molecule has 0 aliphatic rings. The maximum Gasteiger partial charge on any atom is 0.356 e. The smallest absolute Gasteiger partial charge is 0.310 e. The van der Waals surface area contributed by atoms with Crippen LogP contribution in [0.2, 0.25) is 0 Å². The van der Waals surface area contributed by atoms with Crippen LogP contribution in [-0.2, 0) is 13.6 Å². The molecule has 23 heavy (non-hydrogen) atoms. The Morgan fingerprint density at radius 3 is 2.26 bits per heavy atom. The summed E-state index contributed by atoms with van der Waals surface area (Å²) < 4.78 is 33.6. The Morgan fingerprint density at radius 2 is 1.83 bits per heavy atom. The number of rotatable bonds is 5. The number of hydrogen-bond acceptors (Lipinski definition) is 4. The zero-order valence-corrected chi connectivity index (χ0v) is 15.6. The minimum Gasteiger partial charge on any atom is -0.310 e. The number of amides is 2. The SMILES string of the molecule is COP(=O)(OC)C(N(C)C(=O)Nc1ccccc1F)C(Cl)(Cl)Cl. The largest absolute Gasteiger partial charge is 0.356 e. The number of para-hydroxylation sites is 1. The highest BCUT2D eigenvalue weighted by atomic mass is 35.6. The van der Waals surface area contributed by atoms with Crippen LogP contribution in [0.5, 0.6) is 0 Å². The first-order valence-electron chi connectivity index (χ1n) is 6.13. The van der Waals surface area contributed by atoms with E-state index in [1.165, 1.54) is 25.2 Å². The van der Waals surface area contributed by atoms with Gasteiger partial charge in [-0.15, -0.1) is 0 Å². The fourth-order valence-electron chi connectivity index (χ4n) is 1.76. The summed E-state index contributed by atoms with van der Waals surface area (Å²) in [6, 6.07) is 4.64. The van der Waals surface area contributed by atoms with Crippen LogP contribution in [0.4, 0.5) is 14.9 Å². The highest BCUT2D eigenvalue weighted by molar-refractivity contribution is 7.55. The van der Waals surface area contributed by atoms with Crippen molar-refractivity contribution in [2.75, 3.05) is 26.6 Å². The van der Waals surface area contributed by atoms with Gasteiger partial charge in [0.15, 0.2) is 5.78 Å². The molecule has 0 bridgehead atoms. The van der Waals surface area contributed by atoms with Gasteiger partial charge in [0.1, 0.15) is 5.82 Å². The van der Waals surface area contributed by atoms with E-state index in [0.29, 0.717) is 0 Å². The van der Waals surface area contributed by atoms with Gasteiger partial charge in [-0.25, -0.2) is 9.18 Å². The molecule has 1 atom stereocenters. The van der Waals surface area contributed by atoms with E-state index in [-0.39, 0.29) is 5.69 Å². The summed E-state index contributed by atoms with van der Waals surface area (Å²) >= 11 is 17.5. The maximum atomic E-state index is 13.6. The molecular weight excluding hydrogens is 392 g/mol. The van der Waals surface area contributed by atoms with Gasteiger partial charge in [0.2, 0.25) is 3.79 Å². The van der Waals surface area contributed by atoms with Crippen molar-refractivity contribution in [3.05, 3.63) is 30.1 Å². The fraction of sp³-hybridized carbons (Fsp3) is 0.417. The number of urea groups is 1. The molecule has 0 spiro atoms. The van der Waals surface area contributed by atoms with E-state index in [9.17, 15) is 13.8 Å². The van der Waals surface area contributed by atoms with Crippen molar-refractivity contribution in [2.45, 2.75) is 9.58 Å². The van der Waals surface area contributed by atoms with E-state index >= 15 is 0 Å².